The van der Waals surface area contributed by atoms with Crippen LogP contribution < -0.4 is 5.73 Å². The number of benzene rings is 1. The van der Waals surface area contributed by atoms with Gasteiger partial charge < -0.3 is 5.73 Å². The summed E-state index contributed by atoms with van der Waals surface area (Å²) in [5.41, 5.74) is 7.81. The molecule has 2 heterocycles. The van der Waals surface area contributed by atoms with Gasteiger partial charge in [0.1, 0.15) is 23.8 Å². The van der Waals surface area contributed by atoms with E-state index in [1.54, 1.807) is 12.4 Å². The third-order valence-electron chi connectivity index (χ3n) is 2.95. The van der Waals surface area contributed by atoms with Crippen LogP contribution in [0.4, 0.5) is 5.82 Å². The molecule has 5 nitrogen and oxygen atoms in total. The highest BCUT2D eigenvalue weighted by atomic mass is 15.1. The smallest absolute Gasteiger partial charge is 0.144 e. The molecule has 0 saturated heterocycles. The number of para-hydroxylation sites is 2. The molecule has 0 spiro atoms. The summed E-state index contributed by atoms with van der Waals surface area (Å²) in [6, 6.07) is 9.71. The summed E-state index contributed by atoms with van der Waals surface area (Å²) in [7, 11) is 0. The van der Waals surface area contributed by atoms with Crippen LogP contribution in [0.5, 0.6) is 0 Å². The molecule has 0 aliphatic rings. The van der Waals surface area contributed by atoms with Gasteiger partial charge in [0.05, 0.1) is 11.0 Å². The molecule has 1 aromatic carbocycles. The standard InChI is InChI=1S/C14H15N5/c1-2-5-13-17-12(15)8-14(18-13)19-9-16-10-6-3-4-7-11(10)19/h3-4,6-9H,2,5H2,1H3,(H2,15,17,18). The van der Waals surface area contributed by atoms with Crippen molar-refractivity contribution >= 4 is 16.9 Å². The number of aromatic nitrogens is 4. The molecule has 3 aromatic rings. The lowest BCUT2D eigenvalue weighted by Gasteiger charge is -2.06. The number of rotatable bonds is 3. The predicted octanol–water partition coefficient (Wildman–Crippen LogP) is 2.35. The Bertz CT molecular complexity index is 717. The maximum absolute atomic E-state index is 5.85. The number of anilines is 1. The van der Waals surface area contributed by atoms with Gasteiger partial charge in [0.25, 0.3) is 0 Å². The van der Waals surface area contributed by atoms with E-state index >= 15 is 0 Å². The second kappa shape index (κ2) is 4.68. The highest BCUT2D eigenvalue weighted by Gasteiger charge is 2.07. The Morgan fingerprint density at radius 3 is 2.89 bits per heavy atom. The fourth-order valence-electron chi connectivity index (χ4n) is 2.10. The zero-order valence-corrected chi connectivity index (χ0v) is 10.7. The van der Waals surface area contributed by atoms with Crippen LogP contribution in [0.25, 0.3) is 16.9 Å². The number of aryl methyl sites for hydroxylation is 1. The van der Waals surface area contributed by atoms with Gasteiger partial charge in [0.15, 0.2) is 0 Å². The quantitative estimate of drug-likeness (QED) is 0.777. The van der Waals surface area contributed by atoms with E-state index in [9.17, 15) is 0 Å². The van der Waals surface area contributed by atoms with E-state index in [2.05, 4.69) is 21.9 Å². The zero-order chi connectivity index (χ0) is 13.2. The average Bonchev–Trinajstić information content (AvgIpc) is 2.82. The van der Waals surface area contributed by atoms with Crippen LogP contribution >= 0.6 is 0 Å². The van der Waals surface area contributed by atoms with Gasteiger partial charge >= 0.3 is 0 Å². The van der Waals surface area contributed by atoms with E-state index < -0.39 is 0 Å². The molecule has 5 heteroatoms. The van der Waals surface area contributed by atoms with Crippen LogP contribution in [-0.2, 0) is 6.42 Å². The lowest BCUT2D eigenvalue weighted by Crippen LogP contribution is -2.05. The summed E-state index contributed by atoms with van der Waals surface area (Å²) in [6.07, 6.45) is 3.58. The molecular formula is C14H15N5. The summed E-state index contributed by atoms with van der Waals surface area (Å²) < 4.78 is 1.94. The molecule has 2 aromatic heterocycles. The number of nitrogen functional groups attached to an aromatic ring is 1. The Kier molecular flexibility index (Phi) is 2.87. The van der Waals surface area contributed by atoms with Gasteiger partial charge in [-0.05, 0) is 18.6 Å². The number of imidazole rings is 1. The number of nitrogens with zero attached hydrogens (tertiary/aromatic N) is 4. The first kappa shape index (κ1) is 11.6. The summed E-state index contributed by atoms with van der Waals surface area (Å²) in [4.78, 5) is 13.2. The molecule has 0 atom stereocenters. The van der Waals surface area contributed by atoms with Gasteiger partial charge in [-0.3, -0.25) is 4.57 Å². The van der Waals surface area contributed by atoms with Gasteiger partial charge in [-0.1, -0.05) is 19.1 Å². The second-order valence-electron chi connectivity index (χ2n) is 4.42. The summed E-state index contributed by atoms with van der Waals surface area (Å²) >= 11 is 0. The fourth-order valence-corrected chi connectivity index (χ4v) is 2.10. The monoisotopic (exact) mass is 253 g/mol. The van der Waals surface area contributed by atoms with Crippen LogP contribution in [0, 0.1) is 0 Å². The fraction of sp³-hybridized carbons (Fsp3) is 0.214. The highest BCUT2D eigenvalue weighted by molar-refractivity contribution is 5.76. The molecule has 2 N–H and O–H groups in total. The van der Waals surface area contributed by atoms with Crippen LogP contribution in [0.2, 0.25) is 0 Å². The first-order valence-corrected chi connectivity index (χ1v) is 6.34. The number of fused-ring (bicyclic) bond motifs is 1. The molecule has 0 saturated carbocycles. The summed E-state index contributed by atoms with van der Waals surface area (Å²) in [5, 5.41) is 0. The van der Waals surface area contributed by atoms with Crippen molar-refractivity contribution in [2.75, 3.05) is 5.73 Å². The Labute approximate surface area is 111 Å². The SMILES string of the molecule is CCCc1nc(N)cc(-n2cnc3ccccc32)n1. The number of nitrogens with two attached hydrogens (primary N) is 1. The Balaban J connectivity index is 2.15. The van der Waals surface area contributed by atoms with Crippen molar-refractivity contribution in [3.63, 3.8) is 0 Å². The molecule has 3 rings (SSSR count). The van der Waals surface area contributed by atoms with Crippen molar-refractivity contribution in [1.29, 1.82) is 0 Å². The van der Waals surface area contributed by atoms with Crippen molar-refractivity contribution in [3.8, 4) is 5.82 Å². The van der Waals surface area contributed by atoms with E-state index in [1.807, 2.05) is 28.8 Å². The average molecular weight is 253 g/mol. The maximum atomic E-state index is 5.85. The molecule has 0 amide bonds. The van der Waals surface area contributed by atoms with Gasteiger partial charge in [0, 0.05) is 12.5 Å². The van der Waals surface area contributed by atoms with Gasteiger partial charge in [-0.2, -0.15) is 0 Å². The van der Waals surface area contributed by atoms with Gasteiger partial charge in [-0.15, -0.1) is 0 Å². The Morgan fingerprint density at radius 2 is 2.05 bits per heavy atom. The highest BCUT2D eigenvalue weighted by Crippen LogP contribution is 2.17. The van der Waals surface area contributed by atoms with Crippen LogP contribution in [0.15, 0.2) is 36.7 Å². The van der Waals surface area contributed by atoms with Crippen LogP contribution in [-0.4, -0.2) is 19.5 Å². The van der Waals surface area contributed by atoms with E-state index in [1.165, 1.54) is 0 Å². The van der Waals surface area contributed by atoms with Crippen molar-refractivity contribution in [1.82, 2.24) is 19.5 Å². The van der Waals surface area contributed by atoms with Gasteiger partial charge in [0.2, 0.25) is 0 Å². The Hall–Kier alpha value is -2.43. The Morgan fingerprint density at radius 1 is 1.21 bits per heavy atom. The molecule has 0 fully saturated rings. The molecule has 19 heavy (non-hydrogen) atoms. The van der Waals surface area contributed by atoms with E-state index in [-0.39, 0.29) is 0 Å². The minimum Gasteiger partial charge on any atom is -0.384 e. The molecular weight excluding hydrogens is 238 g/mol. The third kappa shape index (κ3) is 2.14. The molecule has 0 aliphatic heterocycles. The molecule has 96 valence electrons. The van der Waals surface area contributed by atoms with Gasteiger partial charge in [-0.25, -0.2) is 15.0 Å². The minimum absolute atomic E-state index is 0.492. The first-order chi connectivity index (χ1) is 9.28. The topological polar surface area (TPSA) is 69.6 Å². The second-order valence-corrected chi connectivity index (χ2v) is 4.42. The molecule has 0 radical (unpaired) electrons. The van der Waals surface area contributed by atoms with E-state index in [4.69, 9.17) is 5.73 Å². The molecule has 0 unspecified atom stereocenters. The largest absolute Gasteiger partial charge is 0.384 e. The number of hydrogen-bond donors (Lipinski definition) is 1. The zero-order valence-electron chi connectivity index (χ0n) is 10.7. The van der Waals surface area contributed by atoms with Crippen LogP contribution in [0.1, 0.15) is 19.2 Å². The molecule has 0 bridgehead atoms. The summed E-state index contributed by atoms with van der Waals surface area (Å²) in [6.45, 7) is 2.10. The van der Waals surface area contributed by atoms with E-state index in [0.29, 0.717) is 5.82 Å². The third-order valence-corrected chi connectivity index (χ3v) is 2.95. The number of hydrogen-bond acceptors (Lipinski definition) is 4. The van der Waals surface area contributed by atoms with Crippen molar-refractivity contribution < 1.29 is 0 Å². The summed E-state index contributed by atoms with van der Waals surface area (Å²) in [5.74, 6) is 2.03. The van der Waals surface area contributed by atoms with Crippen LogP contribution in [0.3, 0.4) is 0 Å². The normalized spacial score (nSPS) is 11.0. The predicted molar refractivity (Wildman–Crippen MR) is 75.1 cm³/mol. The van der Waals surface area contributed by atoms with Crippen molar-refractivity contribution in [2.24, 2.45) is 0 Å². The maximum Gasteiger partial charge on any atom is 0.144 e. The van der Waals surface area contributed by atoms with E-state index in [0.717, 1.165) is 35.5 Å². The van der Waals surface area contributed by atoms with Crippen molar-refractivity contribution in [2.45, 2.75) is 19.8 Å². The molecule has 0 aliphatic carbocycles. The minimum atomic E-state index is 0.492. The first-order valence-electron chi connectivity index (χ1n) is 6.34. The van der Waals surface area contributed by atoms with Crippen molar-refractivity contribution in [3.05, 3.63) is 42.5 Å². The lowest BCUT2D eigenvalue weighted by molar-refractivity contribution is 0.823. The lowest BCUT2D eigenvalue weighted by atomic mass is 10.3.